The molecule has 0 aliphatic heterocycles. The van der Waals surface area contributed by atoms with Crippen LogP contribution in [0.25, 0.3) is 0 Å². The number of hydrogen-bond donors (Lipinski definition) is 1. The van der Waals surface area contributed by atoms with Gasteiger partial charge in [-0.3, -0.25) is 0 Å². The first-order valence-corrected chi connectivity index (χ1v) is 5.58. The molecular weight excluding hydrogens is 212 g/mol. The van der Waals surface area contributed by atoms with Gasteiger partial charge in [0.25, 0.3) is 0 Å². The number of methoxy groups -OCH3 is 1. The highest BCUT2D eigenvalue weighted by Gasteiger charge is 2.02. The van der Waals surface area contributed by atoms with Gasteiger partial charge in [-0.1, -0.05) is 17.7 Å². The maximum atomic E-state index is 8.96. The van der Waals surface area contributed by atoms with Crippen molar-refractivity contribution in [2.24, 2.45) is 0 Å². The summed E-state index contributed by atoms with van der Waals surface area (Å²) in [6.45, 7) is 5.74. The largest absolute Gasteiger partial charge is 0.495 e. The topological polar surface area (TPSA) is 45.0 Å². The van der Waals surface area contributed by atoms with E-state index in [1.807, 2.05) is 18.2 Å². The molecular formula is C14H18N2O. The number of hydrogen-bond acceptors (Lipinski definition) is 3. The second-order valence-electron chi connectivity index (χ2n) is 4.06. The van der Waals surface area contributed by atoms with Crippen molar-refractivity contribution >= 4 is 0 Å². The van der Waals surface area contributed by atoms with Crippen molar-refractivity contribution in [3.8, 4) is 11.8 Å². The third kappa shape index (κ3) is 4.29. The van der Waals surface area contributed by atoms with E-state index in [2.05, 4.69) is 31.3 Å². The Labute approximate surface area is 103 Å². The normalized spacial score (nSPS) is 9.53. The van der Waals surface area contributed by atoms with Crippen LogP contribution in [0.4, 0.5) is 0 Å². The van der Waals surface area contributed by atoms with E-state index in [0.717, 1.165) is 18.7 Å². The Morgan fingerprint density at radius 2 is 2.24 bits per heavy atom. The highest BCUT2D eigenvalue weighted by molar-refractivity contribution is 5.45. The summed E-state index contributed by atoms with van der Waals surface area (Å²) >= 11 is 0. The molecule has 0 aliphatic carbocycles. The molecule has 0 saturated carbocycles. The Balaban J connectivity index is 2.61. The van der Waals surface area contributed by atoms with Gasteiger partial charge in [0.1, 0.15) is 11.8 Å². The molecule has 3 heteroatoms. The van der Waals surface area contributed by atoms with E-state index in [0.29, 0.717) is 11.3 Å². The van der Waals surface area contributed by atoms with Gasteiger partial charge in [-0.05, 0) is 31.5 Å². The molecule has 1 aromatic rings. The number of allylic oxidation sites excluding steroid dienone is 1. The lowest BCUT2D eigenvalue weighted by molar-refractivity contribution is 0.413. The lowest BCUT2D eigenvalue weighted by atomic mass is 10.1. The van der Waals surface area contributed by atoms with E-state index in [1.54, 1.807) is 7.11 Å². The molecule has 1 N–H and O–H groups in total. The predicted molar refractivity (Wildman–Crippen MR) is 68.8 cm³/mol. The minimum atomic E-state index is 0.578. The SMILES string of the molecule is COc1ccc(CNCC=C(C)C)cc1C#N. The lowest BCUT2D eigenvalue weighted by Gasteiger charge is -2.06. The number of ether oxygens (including phenoxy) is 1. The first-order valence-electron chi connectivity index (χ1n) is 5.58. The summed E-state index contributed by atoms with van der Waals surface area (Å²) in [6.07, 6.45) is 2.13. The average molecular weight is 230 g/mol. The molecule has 0 radical (unpaired) electrons. The monoisotopic (exact) mass is 230 g/mol. The first-order chi connectivity index (χ1) is 8.17. The zero-order chi connectivity index (χ0) is 12.7. The van der Waals surface area contributed by atoms with Gasteiger partial charge in [-0.25, -0.2) is 0 Å². The second kappa shape index (κ2) is 6.72. The van der Waals surface area contributed by atoms with Gasteiger partial charge in [0.2, 0.25) is 0 Å². The fourth-order valence-corrected chi connectivity index (χ4v) is 1.45. The zero-order valence-corrected chi connectivity index (χ0v) is 10.6. The van der Waals surface area contributed by atoms with Crippen LogP contribution in [-0.4, -0.2) is 13.7 Å². The van der Waals surface area contributed by atoms with Crippen molar-refractivity contribution in [2.75, 3.05) is 13.7 Å². The van der Waals surface area contributed by atoms with Crippen LogP contribution in [0.2, 0.25) is 0 Å². The molecule has 0 unspecified atom stereocenters. The first kappa shape index (κ1) is 13.3. The lowest BCUT2D eigenvalue weighted by Crippen LogP contribution is -2.13. The summed E-state index contributed by atoms with van der Waals surface area (Å²) in [4.78, 5) is 0. The van der Waals surface area contributed by atoms with Crippen LogP contribution in [0.5, 0.6) is 5.75 Å². The third-order valence-corrected chi connectivity index (χ3v) is 2.37. The van der Waals surface area contributed by atoms with E-state index in [4.69, 9.17) is 10.00 Å². The van der Waals surface area contributed by atoms with Crippen LogP contribution in [0.3, 0.4) is 0 Å². The van der Waals surface area contributed by atoms with Crippen molar-refractivity contribution in [1.82, 2.24) is 5.32 Å². The number of nitrogens with one attached hydrogen (secondary N) is 1. The smallest absolute Gasteiger partial charge is 0.136 e. The molecule has 0 fully saturated rings. The molecule has 0 aliphatic rings. The van der Waals surface area contributed by atoms with Gasteiger partial charge < -0.3 is 10.1 Å². The zero-order valence-electron chi connectivity index (χ0n) is 10.6. The predicted octanol–water partition coefficient (Wildman–Crippen LogP) is 2.62. The fraction of sp³-hybridized carbons (Fsp3) is 0.357. The van der Waals surface area contributed by atoms with Crippen molar-refractivity contribution in [3.05, 3.63) is 41.0 Å². The van der Waals surface area contributed by atoms with E-state index < -0.39 is 0 Å². The summed E-state index contributed by atoms with van der Waals surface area (Å²) < 4.78 is 5.10. The van der Waals surface area contributed by atoms with Gasteiger partial charge in [0.05, 0.1) is 12.7 Å². The minimum Gasteiger partial charge on any atom is -0.495 e. The molecule has 0 atom stereocenters. The van der Waals surface area contributed by atoms with E-state index >= 15 is 0 Å². The fourth-order valence-electron chi connectivity index (χ4n) is 1.45. The third-order valence-electron chi connectivity index (χ3n) is 2.37. The Bertz CT molecular complexity index is 440. The highest BCUT2D eigenvalue weighted by atomic mass is 16.5. The number of nitrogens with zero attached hydrogens (tertiary/aromatic N) is 1. The van der Waals surface area contributed by atoms with Gasteiger partial charge >= 0.3 is 0 Å². The van der Waals surface area contributed by atoms with Gasteiger partial charge in [-0.15, -0.1) is 0 Å². The van der Waals surface area contributed by atoms with Crippen LogP contribution in [0.15, 0.2) is 29.8 Å². The van der Waals surface area contributed by atoms with Crippen molar-refractivity contribution < 1.29 is 4.74 Å². The number of rotatable bonds is 5. The number of benzene rings is 1. The van der Waals surface area contributed by atoms with Crippen LogP contribution < -0.4 is 10.1 Å². The minimum absolute atomic E-state index is 0.578. The van der Waals surface area contributed by atoms with Crippen molar-refractivity contribution in [1.29, 1.82) is 5.26 Å². The molecule has 3 nitrogen and oxygen atoms in total. The molecule has 0 spiro atoms. The maximum Gasteiger partial charge on any atom is 0.136 e. The summed E-state index contributed by atoms with van der Waals surface area (Å²) in [7, 11) is 1.57. The highest BCUT2D eigenvalue weighted by Crippen LogP contribution is 2.18. The van der Waals surface area contributed by atoms with E-state index in [9.17, 15) is 0 Å². The summed E-state index contributed by atoms with van der Waals surface area (Å²) in [5, 5.41) is 12.3. The van der Waals surface area contributed by atoms with Crippen molar-refractivity contribution in [3.63, 3.8) is 0 Å². The Kier molecular flexibility index (Phi) is 5.25. The maximum absolute atomic E-state index is 8.96. The van der Waals surface area contributed by atoms with Gasteiger partial charge in [0, 0.05) is 13.1 Å². The molecule has 1 rings (SSSR count). The second-order valence-corrected chi connectivity index (χ2v) is 4.06. The number of nitriles is 1. The molecule has 90 valence electrons. The van der Waals surface area contributed by atoms with E-state index in [1.165, 1.54) is 5.57 Å². The molecule has 1 aromatic carbocycles. The molecule has 0 aromatic heterocycles. The average Bonchev–Trinajstić information content (AvgIpc) is 2.34. The quantitative estimate of drug-likeness (QED) is 0.624. The van der Waals surface area contributed by atoms with Crippen molar-refractivity contribution in [2.45, 2.75) is 20.4 Å². The molecule has 0 saturated heterocycles. The standard InChI is InChI=1S/C14H18N2O/c1-11(2)6-7-16-10-12-4-5-14(17-3)13(8-12)9-15/h4-6,8,16H,7,10H2,1-3H3. The van der Waals surface area contributed by atoms with Crippen LogP contribution in [0.1, 0.15) is 25.0 Å². The van der Waals surface area contributed by atoms with Crippen LogP contribution in [-0.2, 0) is 6.54 Å². The van der Waals surface area contributed by atoms with Crippen LogP contribution in [0, 0.1) is 11.3 Å². The summed E-state index contributed by atoms with van der Waals surface area (Å²) in [6, 6.07) is 7.78. The Morgan fingerprint density at radius 1 is 1.47 bits per heavy atom. The molecule has 0 amide bonds. The molecule has 17 heavy (non-hydrogen) atoms. The summed E-state index contributed by atoms with van der Waals surface area (Å²) in [5.74, 6) is 0.626. The van der Waals surface area contributed by atoms with Gasteiger partial charge in [-0.2, -0.15) is 5.26 Å². The molecule has 0 bridgehead atoms. The van der Waals surface area contributed by atoms with Gasteiger partial charge in [0.15, 0.2) is 0 Å². The Morgan fingerprint density at radius 3 is 2.82 bits per heavy atom. The summed E-state index contributed by atoms with van der Waals surface area (Å²) in [5.41, 5.74) is 2.96. The molecule has 0 heterocycles. The van der Waals surface area contributed by atoms with E-state index in [-0.39, 0.29) is 0 Å². The van der Waals surface area contributed by atoms with Crippen LogP contribution >= 0.6 is 0 Å². The Hall–Kier alpha value is -1.79.